The van der Waals surface area contributed by atoms with E-state index in [9.17, 15) is 9.18 Å². The van der Waals surface area contributed by atoms with Crippen molar-refractivity contribution in [1.29, 1.82) is 0 Å². The summed E-state index contributed by atoms with van der Waals surface area (Å²) in [4.78, 5) is 17.6. The average Bonchev–Trinajstić information content (AvgIpc) is 3.05. The van der Waals surface area contributed by atoms with E-state index in [1.165, 1.54) is 6.07 Å². The first-order valence-corrected chi connectivity index (χ1v) is 9.55. The largest absolute Gasteiger partial charge is 0.348 e. The van der Waals surface area contributed by atoms with Gasteiger partial charge in [-0.05, 0) is 31.0 Å². The number of carbonyl (C=O) groups excluding carboxylic acids is 1. The van der Waals surface area contributed by atoms with E-state index in [-0.39, 0.29) is 29.1 Å². The number of nitrogens with one attached hydrogen (secondary N) is 1. The molecule has 1 amide bonds. The monoisotopic (exact) mass is 382 g/mol. The van der Waals surface area contributed by atoms with Crippen LogP contribution in [0.1, 0.15) is 57.7 Å². The summed E-state index contributed by atoms with van der Waals surface area (Å²) in [6.45, 7) is 12.2. The first-order chi connectivity index (χ1) is 13.1. The maximum atomic E-state index is 14.4. The molecule has 0 bridgehead atoms. The van der Waals surface area contributed by atoms with Crippen molar-refractivity contribution in [3.05, 3.63) is 53.6 Å². The van der Waals surface area contributed by atoms with E-state index in [0.29, 0.717) is 22.6 Å². The number of hydrogen-bond acceptors (Lipinski definition) is 3. The molecule has 148 valence electrons. The number of hydrogen-bond donors (Lipinski definition) is 1. The quantitative estimate of drug-likeness (QED) is 0.717. The molecule has 1 aromatic carbocycles. The highest BCUT2D eigenvalue weighted by Gasteiger charge is 2.23. The van der Waals surface area contributed by atoms with Crippen LogP contribution in [0, 0.1) is 11.7 Å². The van der Waals surface area contributed by atoms with Crippen LogP contribution in [0.5, 0.6) is 0 Å². The highest BCUT2D eigenvalue weighted by Crippen LogP contribution is 2.26. The maximum Gasteiger partial charge on any atom is 0.270 e. The van der Waals surface area contributed by atoms with E-state index >= 15 is 0 Å². The molecule has 0 aliphatic heterocycles. The van der Waals surface area contributed by atoms with Crippen molar-refractivity contribution in [3.63, 3.8) is 0 Å². The normalized spacial score (nSPS) is 13.1. The van der Waals surface area contributed by atoms with Crippen LogP contribution in [0.3, 0.4) is 0 Å². The fourth-order valence-electron chi connectivity index (χ4n) is 2.76. The molecule has 6 heteroatoms. The number of aromatic nitrogens is 3. The zero-order valence-electron chi connectivity index (χ0n) is 17.2. The lowest BCUT2D eigenvalue weighted by Crippen LogP contribution is -2.37. The van der Waals surface area contributed by atoms with Gasteiger partial charge in [0.1, 0.15) is 11.5 Å². The summed E-state index contributed by atoms with van der Waals surface area (Å²) in [6, 6.07) is 9.88. The molecule has 0 unspecified atom stereocenters. The van der Waals surface area contributed by atoms with Gasteiger partial charge in [-0.25, -0.2) is 13.9 Å². The standard InChI is InChI=1S/C22H27FN4O/c1-13(2)14(3)24-21(28)18-11-17(15-9-7-8-10-16(15)23)25-20-12-19(22(4,5)6)26-27(18)20/h7-14H,1-6H3,(H,24,28)/t14-/m0/s1. The van der Waals surface area contributed by atoms with Gasteiger partial charge in [-0.2, -0.15) is 5.10 Å². The van der Waals surface area contributed by atoms with E-state index < -0.39 is 0 Å². The van der Waals surface area contributed by atoms with Crippen LogP contribution in [0.25, 0.3) is 16.9 Å². The lowest BCUT2D eigenvalue weighted by atomic mass is 9.93. The minimum atomic E-state index is -0.378. The number of amides is 1. The highest BCUT2D eigenvalue weighted by atomic mass is 19.1. The summed E-state index contributed by atoms with van der Waals surface area (Å²) < 4.78 is 15.9. The van der Waals surface area contributed by atoms with E-state index in [0.717, 1.165) is 5.69 Å². The molecular weight excluding hydrogens is 355 g/mol. The van der Waals surface area contributed by atoms with E-state index in [2.05, 4.69) is 15.4 Å². The second-order valence-corrected chi connectivity index (χ2v) is 8.56. The Labute approximate surface area is 165 Å². The van der Waals surface area contributed by atoms with Crippen LogP contribution in [0.4, 0.5) is 4.39 Å². The van der Waals surface area contributed by atoms with Crippen LogP contribution in [-0.2, 0) is 5.41 Å². The van der Waals surface area contributed by atoms with Crippen LogP contribution >= 0.6 is 0 Å². The molecular formula is C22H27FN4O. The van der Waals surface area contributed by atoms with E-state index in [1.54, 1.807) is 28.8 Å². The zero-order chi connectivity index (χ0) is 20.6. The summed E-state index contributed by atoms with van der Waals surface area (Å²) in [5.74, 6) is -0.346. The minimum absolute atomic E-state index is 0.00900. The third kappa shape index (κ3) is 3.91. The van der Waals surface area contributed by atoms with Crippen molar-refractivity contribution in [3.8, 4) is 11.3 Å². The summed E-state index contributed by atoms with van der Waals surface area (Å²) in [5, 5.41) is 7.62. The minimum Gasteiger partial charge on any atom is -0.348 e. The lowest BCUT2D eigenvalue weighted by Gasteiger charge is -2.18. The van der Waals surface area contributed by atoms with Gasteiger partial charge in [0.2, 0.25) is 0 Å². The molecule has 3 rings (SSSR count). The number of halogens is 1. The second kappa shape index (κ2) is 7.34. The summed E-state index contributed by atoms with van der Waals surface area (Å²) in [7, 11) is 0. The number of benzene rings is 1. The predicted octanol–water partition coefficient (Wildman–Crippen LogP) is 4.61. The Bertz CT molecular complexity index is 1020. The molecule has 1 atom stereocenters. The molecule has 0 aliphatic carbocycles. The van der Waals surface area contributed by atoms with Gasteiger partial charge in [0.25, 0.3) is 5.91 Å². The Hall–Kier alpha value is -2.76. The molecule has 0 aliphatic rings. The molecule has 5 nitrogen and oxygen atoms in total. The fraction of sp³-hybridized carbons (Fsp3) is 0.409. The molecule has 0 spiro atoms. The number of fused-ring (bicyclic) bond motifs is 1. The third-order valence-electron chi connectivity index (χ3n) is 4.94. The van der Waals surface area contributed by atoms with Crippen LogP contribution in [0.15, 0.2) is 36.4 Å². The summed E-state index contributed by atoms with van der Waals surface area (Å²) in [5.41, 5.74) is 2.24. The van der Waals surface area contributed by atoms with Crippen molar-refractivity contribution in [1.82, 2.24) is 19.9 Å². The van der Waals surface area contributed by atoms with Gasteiger partial charge in [0.05, 0.1) is 11.4 Å². The van der Waals surface area contributed by atoms with Crippen LogP contribution < -0.4 is 5.32 Å². The van der Waals surface area contributed by atoms with Gasteiger partial charge < -0.3 is 5.32 Å². The third-order valence-corrected chi connectivity index (χ3v) is 4.94. The Morgan fingerprint density at radius 2 is 1.82 bits per heavy atom. The average molecular weight is 382 g/mol. The molecule has 28 heavy (non-hydrogen) atoms. The molecule has 0 saturated heterocycles. The highest BCUT2D eigenvalue weighted by molar-refractivity contribution is 5.94. The van der Waals surface area contributed by atoms with Crippen molar-refractivity contribution < 1.29 is 9.18 Å². The maximum absolute atomic E-state index is 14.4. The summed E-state index contributed by atoms with van der Waals surface area (Å²) in [6.07, 6.45) is 0. The van der Waals surface area contributed by atoms with Gasteiger partial charge in [-0.3, -0.25) is 4.79 Å². The van der Waals surface area contributed by atoms with Crippen molar-refractivity contribution in [2.45, 2.75) is 53.0 Å². The smallest absolute Gasteiger partial charge is 0.270 e. The van der Waals surface area contributed by atoms with Crippen molar-refractivity contribution >= 4 is 11.6 Å². The molecule has 2 heterocycles. The van der Waals surface area contributed by atoms with E-state index in [1.807, 2.05) is 47.6 Å². The van der Waals surface area contributed by atoms with Crippen molar-refractivity contribution in [2.75, 3.05) is 0 Å². The van der Waals surface area contributed by atoms with Gasteiger partial charge in [-0.15, -0.1) is 0 Å². The van der Waals surface area contributed by atoms with Gasteiger partial charge in [0, 0.05) is 23.1 Å². The summed E-state index contributed by atoms with van der Waals surface area (Å²) >= 11 is 0. The molecule has 3 aromatic rings. The number of rotatable bonds is 4. The Balaban J connectivity index is 2.20. The van der Waals surface area contributed by atoms with Gasteiger partial charge in [-0.1, -0.05) is 46.8 Å². The second-order valence-electron chi connectivity index (χ2n) is 8.56. The van der Waals surface area contributed by atoms with Gasteiger partial charge in [0.15, 0.2) is 5.65 Å². The molecule has 0 saturated carbocycles. The zero-order valence-corrected chi connectivity index (χ0v) is 17.2. The molecule has 0 radical (unpaired) electrons. The lowest BCUT2D eigenvalue weighted by molar-refractivity contribution is 0.0922. The Morgan fingerprint density at radius 1 is 1.14 bits per heavy atom. The van der Waals surface area contributed by atoms with Crippen LogP contribution in [-0.4, -0.2) is 26.5 Å². The topological polar surface area (TPSA) is 59.3 Å². The Kier molecular flexibility index (Phi) is 5.24. The molecule has 0 fully saturated rings. The SMILES string of the molecule is CC(C)[C@H](C)NC(=O)c1cc(-c2ccccc2F)nc2cc(C(C)(C)C)nn12. The van der Waals surface area contributed by atoms with Gasteiger partial charge >= 0.3 is 0 Å². The first kappa shape index (κ1) is 20.0. The van der Waals surface area contributed by atoms with E-state index in [4.69, 9.17) is 0 Å². The van der Waals surface area contributed by atoms with Crippen molar-refractivity contribution in [2.24, 2.45) is 5.92 Å². The Morgan fingerprint density at radius 3 is 2.43 bits per heavy atom. The predicted molar refractivity (Wildman–Crippen MR) is 109 cm³/mol. The molecule has 2 aromatic heterocycles. The molecule has 1 N–H and O–H groups in total. The number of carbonyl (C=O) groups is 1. The number of nitrogens with zero attached hydrogens (tertiary/aromatic N) is 3. The first-order valence-electron chi connectivity index (χ1n) is 9.55. The fourth-order valence-corrected chi connectivity index (χ4v) is 2.76. The van der Waals surface area contributed by atoms with Crippen LogP contribution in [0.2, 0.25) is 0 Å².